The molecule has 0 aromatic carbocycles. The topological polar surface area (TPSA) is 17.1 Å². The summed E-state index contributed by atoms with van der Waals surface area (Å²) in [6.07, 6.45) is 5.52. The Morgan fingerprint density at radius 2 is 2.30 bits per heavy atom. The maximum absolute atomic E-state index is 11.2. The molecule has 0 aromatic heterocycles. The first kappa shape index (κ1) is 6.71. The Morgan fingerprint density at radius 3 is 2.70 bits per heavy atom. The van der Waals surface area contributed by atoms with Gasteiger partial charge in [-0.25, -0.2) is 0 Å². The molecular formula is C8H12OS. The summed E-state index contributed by atoms with van der Waals surface area (Å²) in [6, 6.07) is 0. The van der Waals surface area contributed by atoms with Crippen LogP contribution in [0.5, 0.6) is 0 Å². The van der Waals surface area contributed by atoms with Crippen molar-refractivity contribution < 1.29 is 4.79 Å². The van der Waals surface area contributed by atoms with Gasteiger partial charge in [-0.3, -0.25) is 4.79 Å². The molecule has 2 bridgehead atoms. The van der Waals surface area contributed by atoms with Crippen molar-refractivity contribution in [1.82, 2.24) is 0 Å². The summed E-state index contributed by atoms with van der Waals surface area (Å²) in [7, 11) is 0. The zero-order chi connectivity index (χ0) is 7.14. The first-order chi connectivity index (χ1) is 4.81. The van der Waals surface area contributed by atoms with Crippen LogP contribution in [0.2, 0.25) is 0 Å². The lowest BCUT2D eigenvalue weighted by atomic mass is 9.99. The van der Waals surface area contributed by atoms with Gasteiger partial charge < -0.3 is 0 Å². The van der Waals surface area contributed by atoms with E-state index in [9.17, 15) is 4.79 Å². The molecule has 1 nitrogen and oxygen atoms in total. The average molecular weight is 156 g/mol. The molecule has 0 radical (unpaired) electrons. The van der Waals surface area contributed by atoms with Gasteiger partial charge in [-0.15, -0.1) is 0 Å². The number of carbonyl (C=O) groups excluding carboxylic acids is 1. The van der Waals surface area contributed by atoms with Gasteiger partial charge in [-0.1, -0.05) is 0 Å². The summed E-state index contributed by atoms with van der Waals surface area (Å²) in [4.78, 5) is 11.2. The lowest BCUT2D eigenvalue weighted by Gasteiger charge is -2.17. The second-order valence-electron chi connectivity index (χ2n) is 3.39. The van der Waals surface area contributed by atoms with Crippen LogP contribution >= 0.6 is 11.8 Å². The van der Waals surface area contributed by atoms with E-state index in [0.29, 0.717) is 17.0 Å². The molecule has 0 amide bonds. The number of carbonyl (C=O) groups is 1. The molecule has 0 N–H and O–H groups in total. The molecule has 2 aliphatic rings. The highest BCUT2D eigenvalue weighted by atomic mass is 32.2. The Kier molecular flexibility index (Phi) is 1.52. The Bertz CT molecular complexity index is 167. The largest absolute Gasteiger partial charge is 0.299 e. The Morgan fingerprint density at radius 1 is 1.50 bits per heavy atom. The minimum absolute atomic E-state index is 0.444. The normalized spacial score (nSPS) is 44.9. The van der Waals surface area contributed by atoms with E-state index in [0.717, 1.165) is 12.3 Å². The lowest BCUT2D eigenvalue weighted by molar-refractivity contribution is -0.121. The number of fused-ring (bicyclic) bond motifs is 2. The van der Waals surface area contributed by atoms with Gasteiger partial charge in [0.1, 0.15) is 5.78 Å². The first-order valence-corrected chi connectivity index (χ1v) is 5.15. The van der Waals surface area contributed by atoms with Crippen LogP contribution in [0.1, 0.15) is 19.3 Å². The van der Waals surface area contributed by atoms with E-state index < -0.39 is 0 Å². The van der Waals surface area contributed by atoms with E-state index in [4.69, 9.17) is 0 Å². The Balaban J connectivity index is 2.12. The second-order valence-corrected chi connectivity index (χ2v) is 4.47. The van der Waals surface area contributed by atoms with E-state index in [1.165, 1.54) is 12.8 Å². The smallest absolute Gasteiger partial charge is 0.137 e. The zero-order valence-electron chi connectivity index (χ0n) is 6.17. The van der Waals surface area contributed by atoms with Crippen molar-refractivity contribution in [3.8, 4) is 0 Å². The molecule has 0 unspecified atom stereocenters. The molecule has 2 aliphatic carbocycles. The fourth-order valence-corrected chi connectivity index (χ4v) is 3.36. The highest BCUT2D eigenvalue weighted by Gasteiger charge is 2.44. The molecule has 0 heterocycles. The van der Waals surface area contributed by atoms with Gasteiger partial charge in [-0.2, -0.15) is 11.8 Å². The van der Waals surface area contributed by atoms with Gasteiger partial charge in [-0.05, 0) is 25.0 Å². The average Bonchev–Trinajstić information content (AvgIpc) is 2.44. The summed E-state index contributed by atoms with van der Waals surface area (Å²) in [5, 5.41) is 0.672. The van der Waals surface area contributed by atoms with Crippen LogP contribution in [-0.4, -0.2) is 17.3 Å². The lowest BCUT2D eigenvalue weighted by Crippen LogP contribution is -2.21. The molecule has 56 valence electrons. The van der Waals surface area contributed by atoms with Gasteiger partial charge in [0.15, 0.2) is 0 Å². The van der Waals surface area contributed by atoms with Crippen molar-refractivity contribution >= 4 is 17.5 Å². The molecule has 2 heteroatoms. The monoisotopic (exact) mass is 156 g/mol. The number of rotatable bonds is 1. The highest BCUT2D eigenvalue weighted by molar-refractivity contribution is 7.99. The Hall–Kier alpha value is 0.0200. The van der Waals surface area contributed by atoms with E-state index >= 15 is 0 Å². The van der Waals surface area contributed by atoms with Crippen molar-refractivity contribution in [2.45, 2.75) is 24.5 Å². The van der Waals surface area contributed by atoms with E-state index in [2.05, 4.69) is 6.26 Å². The maximum atomic E-state index is 11.2. The number of hydrogen-bond acceptors (Lipinski definition) is 2. The zero-order valence-corrected chi connectivity index (χ0v) is 6.99. The molecule has 0 saturated heterocycles. The number of ketones is 1. The number of thioether (sulfide) groups is 1. The summed E-state index contributed by atoms with van der Waals surface area (Å²) >= 11 is 1.88. The number of Topliss-reactive ketones (excluding diaryl/α,β-unsaturated/α-hetero) is 1. The predicted molar refractivity (Wildman–Crippen MR) is 43.1 cm³/mol. The molecule has 0 spiro atoms. The van der Waals surface area contributed by atoms with Crippen LogP contribution in [0.25, 0.3) is 0 Å². The Labute approximate surface area is 65.6 Å². The van der Waals surface area contributed by atoms with E-state index in [-0.39, 0.29) is 0 Å². The molecule has 3 atom stereocenters. The molecule has 2 rings (SSSR count). The van der Waals surface area contributed by atoms with Crippen LogP contribution < -0.4 is 0 Å². The molecule has 2 fully saturated rings. The SMILES string of the molecule is CS[C@@H]1C[C@H]2CC(=O)[C@H]1C2. The summed E-state index contributed by atoms with van der Waals surface area (Å²) < 4.78 is 0. The fraction of sp³-hybridized carbons (Fsp3) is 0.875. The molecule has 10 heavy (non-hydrogen) atoms. The van der Waals surface area contributed by atoms with E-state index in [1.54, 1.807) is 0 Å². The van der Waals surface area contributed by atoms with Crippen LogP contribution in [-0.2, 0) is 4.79 Å². The van der Waals surface area contributed by atoms with Crippen LogP contribution in [0, 0.1) is 11.8 Å². The third-order valence-corrected chi connectivity index (χ3v) is 3.93. The molecule has 2 saturated carbocycles. The summed E-state index contributed by atoms with van der Waals surface area (Å²) in [6.45, 7) is 0. The van der Waals surface area contributed by atoms with Crippen molar-refractivity contribution in [1.29, 1.82) is 0 Å². The fourth-order valence-electron chi connectivity index (χ4n) is 2.30. The van der Waals surface area contributed by atoms with Crippen molar-refractivity contribution in [3.05, 3.63) is 0 Å². The van der Waals surface area contributed by atoms with Crippen LogP contribution in [0.3, 0.4) is 0 Å². The van der Waals surface area contributed by atoms with Gasteiger partial charge in [0.25, 0.3) is 0 Å². The van der Waals surface area contributed by atoms with Gasteiger partial charge >= 0.3 is 0 Å². The third-order valence-electron chi connectivity index (χ3n) is 2.81. The molecular weight excluding hydrogens is 144 g/mol. The maximum Gasteiger partial charge on any atom is 0.137 e. The highest BCUT2D eigenvalue weighted by Crippen LogP contribution is 2.46. The summed E-state index contributed by atoms with van der Waals surface area (Å²) in [5.41, 5.74) is 0. The minimum atomic E-state index is 0.444. The van der Waals surface area contributed by atoms with Gasteiger partial charge in [0, 0.05) is 17.6 Å². The molecule has 0 aliphatic heterocycles. The van der Waals surface area contributed by atoms with Crippen LogP contribution in [0.4, 0.5) is 0 Å². The minimum Gasteiger partial charge on any atom is -0.299 e. The van der Waals surface area contributed by atoms with Crippen LogP contribution in [0.15, 0.2) is 0 Å². The third kappa shape index (κ3) is 0.815. The molecule has 0 aromatic rings. The second kappa shape index (κ2) is 2.26. The number of hydrogen-bond donors (Lipinski definition) is 0. The standard InChI is InChI=1S/C8H12OS/c1-10-8-4-5-2-6(8)7(9)3-5/h5-6,8H,2-4H2,1H3/t5-,6-,8-/m1/s1. The van der Waals surface area contributed by atoms with Gasteiger partial charge in [0.2, 0.25) is 0 Å². The first-order valence-electron chi connectivity index (χ1n) is 3.86. The van der Waals surface area contributed by atoms with Gasteiger partial charge in [0.05, 0.1) is 0 Å². The van der Waals surface area contributed by atoms with Crippen molar-refractivity contribution in [2.24, 2.45) is 11.8 Å². The predicted octanol–water partition coefficient (Wildman–Crippen LogP) is 1.72. The van der Waals surface area contributed by atoms with E-state index in [1.807, 2.05) is 11.8 Å². The van der Waals surface area contributed by atoms with Crippen molar-refractivity contribution in [3.63, 3.8) is 0 Å². The quantitative estimate of drug-likeness (QED) is 0.575. The summed E-state index contributed by atoms with van der Waals surface area (Å²) in [5.74, 6) is 1.74. The van der Waals surface area contributed by atoms with Crippen molar-refractivity contribution in [2.75, 3.05) is 6.26 Å².